The molecule has 146 valence electrons. The van der Waals surface area contributed by atoms with E-state index in [2.05, 4.69) is 14.9 Å². The number of hydrogen-bond acceptors (Lipinski definition) is 6. The number of rotatable bonds is 7. The van der Waals surface area contributed by atoms with Crippen LogP contribution in [0.1, 0.15) is 11.5 Å². The molecule has 9 heteroatoms. The molecule has 0 saturated heterocycles. The number of benzene rings is 2. The Bertz CT molecular complexity index is 974. The van der Waals surface area contributed by atoms with Gasteiger partial charge in [0.2, 0.25) is 5.82 Å². The van der Waals surface area contributed by atoms with Crippen LogP contribution in [0.4, 0.5) is 8.78 Å². The van der Waals surface area contributed by atoms with Gasteiger partial charge in [0.15, 0.2) is 11.5 Å². The first-order valence-corrected chi connectivity index (χ1v) is 8.36. The summed E-state index contributed by atoms with van der Waals surface area (Å²) in [5, 5.41) is 4.08. The smallest absolute Gasteiger partial charge is 0.387 e. The van der Waals surface area contributed by atoms with Crippen molar-refractivity contribution in [3.8, 4) is 28.6 Å². The molecule has 3 aromatic rings. The summed E-state index contributed by atoms with van der Waals surface area (Å²) in [7, 11) is 2.93. The second kappa shape index (κ2) is 8.71. The van der Waals surface area contributed by atoms with Gasteiger partial charge in [-0.25, -0.2) is 0 Å². The molecule has 1 heterocycles. The molecule has 0 fully saturated rings. The average molecular weight is 409 g/mol. The molecule has 0 atom stereocenters. The minimum absolute atomic E-state index is 0.0784. The molecule has 1 aromatic heterocycles. The molecule has 0 aliphatic rings. The summed E-state index contributed by atoms with van der Waals surface area (Å²) in [5.41, 5.74) is 1.31. The van der Waals surface area contributed by atoms with Gasteiger partial charge >= 0.3 is 6.61 Å². The van der Waals surface area contributed by atoms with Gasteiger partial charge in [0, 0.05) is 5.56 Å². The van der Waals surface area contributed by atoms with Crippen LogP contribution in [0, 0.1) is 0 Å². The zero-order valence-electron chi connectivity index (χ0n) is 14.9. The number of methoxy groups -OCH3 is 2. The Labute approximate surface area is 164 Å². The lowest BCUT2D eigenvalue weighted by Gasteiger charge is -2.10. The minimum atomic E-state index is -2.95. The van der Waals surface area contributed by atoms with E-state index in [-0.39, 0.29) is 22.4 Å². The highest BCUT2D eigenvalue weighted by atomic mass is 35.5. The van der Waals surface area contributed by atoms with Crippen LogP contribution in [0.3, 0.4) is 0 Å². The number of aromatic nitrogens is 2. The topological polar surface area (TPSA) is 66.6 Å². The molecule has 0 aliphatic carbocycles. The molecule has 28 heavy (non-hydrogen) atoms. The van der Waals surface area contributed by atoms with E-state index in [1.807, 2.05) is 0 Å². The van der Waals surface area contributed by atoms with Gasteiger partial charge in [-0.05, 0) is 48.0 Å². The molecule has 0 aliphatic heterocycles. The normalized spacial score (nSPS) is 11.6. The Balaban J connectivity index is 1.82. The van der Waals surface area contributed by atoms with Crippen molar-refractivity contribution in [3.63, 3.8) is 0 Å². The summed E-state index contributed by atoms with van der Waals surface area (Å²) >= 11 is 6.26. The van der Waals surface area contributed by atoms with Gasteiger partial charge in [0.25, 0.3) is 5.89 Å². The van der Waals surface area contributed by atoms with Crippen molar-refractivity contribution in [2.75, 3.05) is 14.2 Å². The molecule has 0 amide bonds. The Morgan fingerprint density at radius 3 is 2.46 bits per heavy atom. The first-order valence-electron chi connectivity index (χ1n) is 7.98. The highest BCUT2D eigenvalue weighted by molar-refractivity contribution is 6.50. The largest absolute Gasteiger partial charge is 0.497 e. The van der Waals surface area contributed by atoms with E-state index in [0.29, 0.717) is 17.1 Å². The van der Waals surface area contributed by atoms with Gasteiger partial charge in [-0.1, -0.05) is 22.8 Å². The Morgan fingerprint density at radius 2 is 1.82 bits per heavy atom. The highest BCUT2D eigenvalue weighted by Crippen LogP contribution is 2.32. The van der Waals surface area contributed by atoms with Crippen LogP contribution in [0.5, 0.6) is 17.2 Å². The zero-order chi connectivity index (χ0) is 20.1. The first kappa shape index (κ1) is 19.6. The van der Waals surface area contributed by atoms with E-state index >= 15 is 0 Å². The summed E-state index contributed by atoms with van der Waals surface area (Å²) in [6.45, 7) is -2.95. The fourth-order valence-corrected chi connectivity index (χ4v) is 2.56. The van der Waals surface area contributed by atoms with Crippen molar-refractivity contribution in [1.82, 2.24) is 10.1 Å². The molecule has 2 aromatic carbocycles. The van der Waals surface area contributed by atoms with E-state index in [0.717, 1.165) is 5.56 Å². The lowest BCUT2D eigenvalue weighted by molar-refractivity contribution is -0.0512. The fourth-order valence-electron chi connectivity index (χ4n) is 2.35. The molecule has 0 spiro atoms. The number of alkyl halides is 2. The van der Waals surface area contributed by atoms with E-state index < -0.39 is 6.61 Å². The van der Waals surface area contributed by atoms with Gasteiger partial charge in [0.05, 0.1) is 14.2 Å². The van der Waals surface area contributed by atoms with E-state index in [9.17, 15) is 8.78 Å². The lowest BCUT2D eigenvalue weighted by atomic mass is 10.2. The van der Waals surface area contributed by atoms with Crippen molar-refractivity contribution in [2.45, 2.75) is 6.61 Å². The Kier molecular flexibility index (Phi) is 6.10. The standard InChI is InChI=1S/C19H15ClF2N2O4/c1-25-13-6-4-12(5-7-13)17-23-18(28-24-17)14(20)9-11-3-8-15(27-19(21)22)16(10-11)26-2/h3-10,19H,1-2H3/b14-9-. The molecule has 0 bridgehead atoms. The van der Waals surface area contributed by atoms with Crippen LogP contribution in [0.15, 0.2) is 47.0 Å². The van der Waals surface area contributed by atoms with Crippen LogP contribution >= 0.6 is 11.6 Å². The summed E-state index contributed by atoms with van der Waals surface area (Å²) < 4.78 is 44.6. The third-order valence-electron chi connectivity index (χ3n) is 3.68. The Hall–Kier alpha value is -3.13. The van der Waals surface area contributed by atoms with E-state index in [4.69, 9.17) is 25.6 Å². The maximum Gasteiger partial charge on any atom is 0.387 e. The van der Waals surface area contributed by atoms with Crippen molar-refractivity contribution in [3.05, 3.63) is 53.9 Å². The molecular weight excluding hydrogens is 394 g/mol. The summed E-state index contributed by atoms with van der Waals surface area (Å²) in [6.07, 6.45) is 1.54. The predicted molar refractivity (Wildman–Crippen MR) is 99.6 cm³/mol. The maximum absolute atomic E-state index is 12.4. The predicted octanol–water partition coefficient (Wildman–Crippen LogP) is 5.09. The van der Waals surface area contributed by atoms with E-state index in [1.54, 1.807) is 43.5 Å². The number of hydrogen-bond donors (Lipinski definition) is 0. The van der Waals surface area contributed by atoms with Crippen molar-refractivity contribution < 1.29 is 27.5 Å². The van der Waals surface area contributed by atoms with Gasteiger partial charge in [0.1, 0.15) is 10.8 Å². The third kappa shape index (κ3) is 4.58. The highest BCUT2D eigenvalue weighted by Gasteiger charge is 2.14. The summed E-state index contributed by atoms with van der Waals surface area (Å²) in [6, 6.07) is 11.5. The quantitative estimate of drug-likeness (QED) is 0.542. The zero-order valence-corrected chi connectivity index (χ0v) is 15.6. The molecule has 0 saturated carbocycles. The first-order chi connectivity index (χ1) is 13.5. The second-order valence-electron chi connectivity index (χ2n) is 5.43. The minimum Gasteiger partial charge on any atom is -0.497 e. The molecular formula is C19H15ClF2N2O4. The molecule has 6 nitrogen and oxygen atoms in total. The number of nitrogens with zero attached hydrogens (tertiary/aromatic N) is 2. The molecule has 0 radical (unpaired) electrons. The van der Waals surface area contributed by atoms with Gasteiger partial charge in [-0.15, -0.1) is 0 Å². The fraction of sp³-hybridized carbons (Fsp3) is 0.158. The second-order valence-corrected chi connectivity index (χ2v) is 5.84. The van der Waals surface area contributed by atoms with Crippen LogP contribution in [0.2, 0.25) is 0 Å². The number of halogens is 3. The molecule has 0 N–H and O–H groups in total. The van der Waals surface area contributed by atoms with Gasteiger partial charge in [-0.2, -0.15) is 13.8 Å². The van der Waals surface area contributed by atoms with Crippen LogP contribution in [-0.4, -0.2) is 31.0 Å². The van der Waals surface area contributed by atoms with Crippen molar-refractivity contribution in [2.24, 2.45) is 0 Å². The molecule has 3 rings (SSSR count). The average Bonchev–Trinajstić information content (AvgIpc) is 3.19. The van der Waals surface area contributed by atoms with Crippen molar-refractivity contribution in [1.29, 1.82) is 0 Å². The monoisotopic (exact) mass is 408 g/mol. The Morgan fingerprint density at radius 1 is 1.07 bits per heavy atom. The number of ether oxygens (including phenoxy) is 3. The summed E-state index contributed by atoms with van der Waals surface area (Å²) in [5.74, 6) is 1.24. The van der Waals surface area contributed by atoms with Crippen LogP contribution in [0.25, 0.3) is 22.5 Å². The maximum atomic E-state index is 12.4. The van der Waals surface area contributed by atoms with Gasteiger partial charge < -0.3 is 18.7 Å². The van der Waals surface area contributed by atoms with E-state index in [1.165, 1.54) is 19.2 Å². The summed E-state index contributed by atoms with van der Waals surface area (Å²) in [4.78, 5) is 4.26. The third-order valence-corrected chi connectivity index (χ3v) is 3.95. The lowest BCUT2D eigenvalue weighted by Crippen LogP contribution is -2.03. The van der Waals surface area contributed by atoms with Crippen LogP contribution < -0.4 is 14.2 Å². The molecule has 0 unspecified atom stereocenters. The SMILES string of the molecule is COc1ccc(-c2noc(/C(Cl)=C/c3ccc(OC(F)F)c(OC)c3)n2)cc1. The van der Waals surface area contributed by atoms with Crippen LogP contribution in [-0.2, 0) is 0 Å². The van der Waals surface area contributed by atoms with Gasteiger partial charge in [-0.3, -0.25) is 0 Å². The van der Waals surface area contributed by atoms with Crippen molar-refractivity contribution >= 4 is 22.7 Å².